The highest BCUT2D eigenvalue weighted by molar-refractivity contribution is 5.20. The van der Waals surface area contributed by atoms with Crippen LogP contribution >= 0.6 is 0 Å². The van der Waals surface area contributed by atoms with Crippen LogP contribution in [-0.2, 0) is 15.9 Å². The van der Waals surface area contributed by atoms with E-state index in [0.717, 1.165) is 5.56 Å². The Morgan fingerprint density at radius 1 is 1.42 bits per heavy atom. The Hall–Kier alpha value is -1.45. The highest BCUT2D eigenvalue weighted by Crippen LogP contribution is 2.36. The average molecular weight is 263 g/mol. The molecule has 1 aliphatic rings. The van der Waals surface area contributed by atoms with E-state index >= 15 is 0 Å². The van der Waals surface area contributed by atoms with Gasteiger partial charge >= 0.3 is 0 Å². The first-order valence-corrected chi connectivity index (χ1v) is 6.11. The number of nitriles is 1. The third kappa shape index (κ3) is 2.62. The largest absolute Gasteiger partial charge is 0.385 e. The highest BCUT2D eigenvalue weighted by atomic mass is 16.7. The monoisotopic (exact) mass is 263 g/mol. The zero-order valence-corrected chi connectivity index (χ0v) is 10.7. The van der Waals surface area contributed by atoms with E-state index in [9.17, 15) is 10.2 Å². The van der Waals surface area contributed by atoms with E-state index in [0.29, 0.717) is 0 Å². The number of hydrogen-bond acceptors (Lipinski definition) is 5. The lowest BCUT2D eigenvalue weighted by Crippen LogP contribution is -2.50. The van der Waals surface area contributed by atoms with Crippen LogP contribution in [0.1, 0.15) is 12.0 Å². The molecule has 1 aliphatic heterocycles. The van der Waals surface area contributed by atoms with E-state index in [-0.39, 0.29) is 12.8 Å². The lowest BCUT2D eigenvalue weighted by molar-refractivity contribution is -0.148. The van der Waals surface area contributed by atoms with Crippen LogP contribution in [0.25, 0.3) is 0 Å². The summed E-state index contributed by atoms with van der Waals surface area (Å²) in [4.78, 5) is 0. The molecule has 2 N–H and O–H groups in total. The highest BCUT2D eigenvalue weighted by Gasteiger charge is 2.55. The van der Waals surface area contributed by atoms with Crippen molar-refractivity contribution in [1.82, 2.24) is 0 Å². The van der Waals surface area contributed by atoms with Crippen molar-refractivity contribution in [2.24, 2.45) is 0 Å². The summed E-state index contributed by atoms with van der Waals surface area (Å²) in [6, 6.07) is 11.3. The van der Waals surface area contributed by atoms with Gasteiger partial charge in [-0.1, -0.05) is 30.3 Å². The fraction of sp³-hybridized carbons (Fsp3) is 0.500. The molecule has 19 heavy (non-hydrogen) atoms. The molecule has 1 saturated heterocycles. The number of nitrogens with zero attached hydrogens (tertiary/aromatic N) is 1. The van der Waals surface area contributed by atoms with Gasteiger partial charge in [-0.05, 0) is 5.56 Å². The molecule has 0 amide bonds. The van der Waals surface area contributed by atoms with Crippen LogP contribution in [0.4, 0.5) is 0 Å². The second-order valence-electron chi connectivity index (χ2n) is 4.69. The summed E-state index contributed by atoms with van der Waals surface area (Å²) < 4.78 is 10.4. The molecule has 1 aromatic rings. The predicted octanol–water partition coefficient (Wildman–Crippen LogP) is 0.606. The van der Waals surface area contributed by atoms with Crippen LogP contribution in [0.5, 0.6) is 0 Å². The fourth-order valence-electron chi connectivity index (χ4n) is 2.41. The van der Waals surface area contributed by atoms with Gasteiger partial charge in [0.1, 0.15) is 17.8 Å². The second kappa shape index (κ2) is 5.68. The number of methoxy groups -OCH3 is 1. The molecule has 0 radical (unpaired) electrons. The predicted molar refractivity (Wildman–Crippen MR) is 67.0 cm³/mol. The molecule has 2 rings (SSSR count). The van der Waals surface area contributed by atoms with Crippen LogP contribution in [0.3, 0.4) is 0 Å². The minimum Gasteiger partial charge on any atom is -0.385 e. The topological polar surface area (TPSA) is 82.7 Å². The van der Waals surface area contributed by atoms with Gasteiger partial charge in [0.05, 0.1) is 12.5 Å². The lowest BCUT2D eigenvalue weighted by Gasteiger charge is -2.30. The molecule has 0 saturated carbocycles. The van der Waals surface area contributed by atoms with Gasteiger partial charge in [0, 0.05) is 13.5 Å². The molecule has 1 heterocycles. The molecule has 0 aromatic heterocycles. The van der Waals surface area contributed by atoms with Crippen LogP contribution in [-0.4, -0.2) is 41.4 Å². The first-order chi connectivity index (χ1) is 9.11. The Kier molecular flexibility index (Phi) is 4.17. The Morgan fingerprint density at radius 3 is 2.68 bits per heavy atom. The fourth-order valence-corrected chi connectivity index (χ4v) is 2.41. The number of ether oxygens (including phenoxy) is 2. The number of hydrogen-bond donors (Lipinski definition) is 2. The average Bonchev–Trinajstić information content (AvgIpc) is 2.65. The third-order valence-corrected chi connectivity index (χ3v) is 3.47. The third-order valence-electron chi connectivity index (χ3n) is 3.47. The van der Waals surface area contributed by atoms with Crippen LogP contribution in [0.15, 0.2) is 30.3 Å². The van der Waals surface area contributed by atoms with Crippen LogP contribution < -0.4 is 0 Å². The Labute approximate surface area is 112 Å². The van der Waals surface area contributed by atoms with Crippen LogP contribution in [0, 0.1) is 11.3 Å². The van der Waals surface area contributed by atoms with Gasteiger partial charge in [-0.2, -0.15) is 5.26 Å². The van der Waals surface area contributed by atoms with E-state index in [1.165, 1.54) is 7.11 Å². The molecule has 0 bridgehead atoms. The van der Waals surface area contributed by atoms with Crippen molar-refractivity contribution in [3.05, 3.63) is 35.9 Å². The molecule has 5 heteroatoms. The number of aliphatic hydroxyl groups excluding tert-OH is 1. The molecule has 0 unspecified atom stereocenters. The molecule has 0 aliphatic carbocycles. The molecule has 1 fully saturated rings. The first kappa shape index (κ1) is 14.0. The van der Waals surface area contributed by atoms with Crippen molar-refractivity contribution in [3.63, 3.8) is 0 Å². The van der Waals surface area contributed by atoms with E-state index in [2.05, 4.69) is 0 Å². The summed E-state index contributed by atoms with van der Waals surface area (Å²) in [6.07, 6.45) is -2.65. The summed E-state index contributed by atoms with van der Waals surface area (Å²) in [5.74, 6) is 0. The zero-order chi connectivity index (χ0) is 13.9. The van der Waals surface area contributed by atoms with E-state index < -0.39 is 24.1 Å². The standard InChI is InChI=1S/C14H17NO4/c1-18-13-12(16)14(17,11(19-13)7-8-15)9-10-5-3-2-4-6-10/h2-6,11-13,16-17H,7,9H2,1H3/t11-,12+,13+,14+/m1/s1. The van der Waals surface area contributed by atoms with Crippen molar-refractivity contribution in [1.29, 1.82) is 5.26 Å². The number of aliphatic hydroxyl groups is 2. The first-order valence-electron chi connectivity index (χ1n) is 6.11. The van der Waals surface area contributed by atoms with Crippen molar-refractivity contribution >= 4 is 0 Å². The van der Waals surface area contributed by atoms with Gasteiger partial charge in [-0.3, -0.25) is 0 Å². The van der Waals surface area contributed by atoms with E-state index in [1.54, 1.807) is 0 Å². The van der Waals surface area contributed by atoms with Crippen molar-refractivity contribution in [2.45, 2.75) is 36.9 Å². The maximum absolute atomic E-state index is 10.7. The van der Waals surface area contributed by atoms with Crippen molar-refractivity contribution in [3.8, 4) is 6.07 Å². The normalized spacial score (nSPS) is 34.1. The van der Waals surface area contributed by atoms with Gasteiger partial charge in [0.2, 0.25) is 0 Å². The summed E-state index contributed by atoms with van der Waals surface area (Å²) in [5, 5.41) is 29.7. The molecular formula is C14H17NO4. The molecule has 102 valence electrons. The lowest BCUT2D eigenvalue weighted by atomic mass is 9.84. The molecule has 5 nitrogen and oxygen atoms in total. The second-order valence-corrected chi connectivity index (χ2v) is 4.69. The van der Waals surface area contributed by atoms with Gasteiger partial charge in [-0.15, -0.1) is 0 Å². The summed E-state index contributed by atoms with van der Waals surface area (Å²) in [6.45, 7) is 0. The smallest absolute Gasteiger partial charge is 0.186 e. The summed E-state index contributed by atoms with van der Waals surface area (Å²) >= 11 is 0. The summed E-state index contributed by atoms with van der Waals surface area (Å²) in [5.41, 5.74) is -0.648. The number of benzene rings is 1. The maximum atomic E-state index is 10.7. The maximum Gasteiger partial charge on any atom is 0.186 e. The SMILES string of the molecule is CO[C@H]1O[C@H](CC#N)[C@@](O)(Cc2ccccc2)[C@H]1O. The summed E-state index contributed by atoms with van der Waals surface area (Å²) in [7, 11) is 1.39. The zero-order valence-electron chi connectivity index (χ0n) is 10.7. The van der Waals surface area contributed by atoms with Gasteiger partial charge in [-0.25, -0.2) is 0 Å². The molecular weight excluding hydrogens is 246 g/mol. The van der Waals surface area contributed by atoms with Gasteiger partial charge in [0.25, 0.3) is 0 Å². The minimum absolute atomic E-state index is 0.000252. The van der Waals surface area contributed by atoms with Crippen LogP contribution in [0.2, 0.25) is 0 Å². The van der Waals surface area contributed by atoms with Gasteiger partial charge < -0.3 is 19.7 Å². The number of rotatable bonds is 4. The Balaban J connectivity index is 2.24. The molecule has 0 spiro atoms. The van der Waals surface area contributed by atoms with Crippen molar-refractivity contribution in [2.75, 3.05) is 7.11 Å². The van der Waals surface area contributed by atoms with E-state index in [4.69, 9.17) is 14.7 Å². The van der Waals surface area contributed by atoms with E-state index in [1.807, 2.05) is 36.4 Å². The Morgan fingerprint density at radius 2 is 2.11 bits per heavy atom. The van der Waals surface area contributed by atoms with Crippen molar-refractivity contribution < 1.29 is 19.7 Å². The molecule has 4 atom stereocenters. The minimum atomic E-state index is -1.52. The molecule has 1 aromatic carbocycles. The van der Waals surface area contributed by atoms with Gasteiger partial charge in [0.15, 0.2) is 6.29 Å². The Bertz CT molecular complexity index is 458. The quantitative estimate of drug-likeness (QED) is 0.831.